The third-order valence-electron chi connectivity index (χ3n) is 4.44. The van der Waals surface area contributed by atoms with Gasteiger partial charge in [-0.1, -0.05) is 18.2 Å². The fraction of sp³-hybridized carbons (Fsp3) is 0.556. The molecule has 1 aromatic carbocycles. The zero-order valence-electron chi connectivity index (χ0n) is 13.3. The summed E-state index contributed by atoms with van der Waals surface area (Å²) >= 11 is 0. The van der Waals surface area contributed by atoms with Gasteiger partial charge in [-0.05, 0) is 57.5 Å². The van der Waals surface area contributed by atoms with E-state index in [0.29, 0.717) is 0 Å². The zero-order chi connectivity index (χ0) is 15.4. The molecule has 0 unspecified atom stereocenters. The predicted octanol–water partition coefficient (Wildman–Crippen LogP) is 2.62. The van der Waals surface area contributed by atoms with Gasteiger partial charge in [-0.3, -0.25) is 0 Å². The Morgan fingerprint density at radius 2 is 2.09 bits per heavy atom. The van der Waals surface area contributed by atoms with Crippen LogP contribution in [0.3, 0.4) is 0 Å². The van der Waals surface area contributed by atoms with Crippen LogP contribution >= 0.6 is 0 Å². The molecule has 2 N–H and O–H groups in total. The molecule has 0 amide bonds. The van der Waals surface area contributed by atoms with E-state index in [-0.39, 0.29) is 6.10 Å². The average molecular weight is 302 g/mol. The molecule has 1 aromatic heterocycles. The fourth-order valence-corrected chi connectivity index (χ4v) is 3.27. The largest absolute Gasteiger partial charge is 0.460 e. The lowest BCUT2D eigenvalue weighted by Crippen LogP contribution is -2.40. The first-order chi connectivity index (χ1) is 10.7. The molecule has 0 radical (unpaired) electrons. The fourth-order valence-electron chi connectivity index (χ4n) is 3.27. The lowest BCUT2D eigenvalue weighted by Gasteiger charge is -2.32. The Hall–Kier alpha value is -1.36. The van der Waals surface area contributed by atoms with E-state index in [1.165, 1.54) is 18.2 Å². The van der Waals surface area contributed by atoms with Crippen LogP contribution in [-0.2, 0) is 6.54 Å². The standard InChI is InChI=1S/C18H26N2O2/c1-14(21)13-20-8-6-15(7-9-20)11-19-12-17-10-16-4-2-3-5-18(16)22-17/h2-5,10,14-15,19,21H,6-9,11-13H2,1H3/t14-/m1/s1. The first-order valence-electron chi connectivity index (χ1n) is 8.29. The lowest BCUT2D eigenvalue weighted by atomic mass is 9.96. The summed E-state index contributed by atoms with van der Waals surface area (Å²) in [5, 5.41) is 14.1. The smallest absolute Gasteiger partial charge is 0.134 e. The van der Waals surface area contributed by atoms with E-state index in [9.17, 15) is 5.11 Å². The minimum atomic E-state index is -0.220. The SMILES string of the molecule is C[C@@H](O)CN1CCC(CNCc2cc3ccccc3o2)CC1. The monoisotopic (exact) mass is 302 g/mol. The Morgan fingerprint density at radius 1 is 1.32 bits per heavy atom. The molecule has 1 aliphatic rings. The number of benzene rings is 1. The highest BCUT2D eigenvalue weighted by Crippen LogP contribution is 2.19. The number of hydrogen-bond acceptors (Lipinski definition) is 4. The minimum absolute atomic E-state index is 0.220. The topological polar surface area (TPSA) is 48.6 Å². The number of fused-ring (bicyclic) bond motifs is 1. The highest BCUT2D eigenvalue weighted by Gasteiger charge is 2.19. The predicted molar refractivity (Wildman–Crippen MR) is 88.8 cm³/mol. The van der Waals surface area contributed by atoms with Gasteiger partial charge in [0.2, 0.25) is 0 Å². The number of rotatable bonds is 6. The normalized spacial score (nSPS) is 18.8. The van der Waals surface area contributed by atoms with Crippen LogP contribution in [0.15, 0.2) is 34.7 Å². The number of aliphatic hydroxyl groups is 1. The van der Waals surface area contributed by atoms with Gasteiger partial charge in [0.1, 0.15) is 11.3 Å². The molecule has 4 nitrogen and oxygen atoms in total. The summed E-state index contributed by atoms with van der Waals surface area (Å²) in [4.78, 5) is 2.36. The Morgan fingerprint density at radius 3 is 2.82 bits per heavy atom. The molecule has 0 spiro atoms. The third-order valence-corrected chi connectivity index (χ3v) is 4.44. The molecule has 120 valence electrons. The first kappa shape index (κ1) is 15.5. The van der Waals surface area contributed by atoms with Crippen LogP contribution in [0.1, 0.15) is 25.5 Å². The molecule has 2 aromatic rings. The summed E-state index contributed by atoms with van der Waals surface area (Å²) < 4.78 is 5.82. The van der Waals surface area contributed by atoms with E-state index in [1.807, 2.05) is 25.1 Å². The van der Waals surface area contributed by atoms with E-state index in [0.717, 1.165) is 50.0 Å². The number of hydrogen-bond donors (Lipinski definition) is 2. The van der Waals surface area contributed by atoms with Gasteiger partial charge in [-0.2, -0.15) is 0 Å². The number of piperidine rings is 1. The molecule has 4 heteroatoms. The van der Waals surface area contributed by atoms with E-state index < -0.39 is 0 Å². The summed E-state index contributed by atoms with van der Waals surface area (Å²) in [6.45, 7) is 6.70. The number of nitrogens with one attached hydrogen (secondary N) is 1. The maximum absolute atomic E-state index is 9.43. The molecule has 1 fully saturated rings. The molecular formula is C18H26N2O2. The van der Waals surface area contributed by atoms with Gasteiger partial charge in [-0.15, -0.1) is 0 Å². The van der Waals surface area contributed by atoms with Gasteiger partial charge < -0.3 is 19.7 Å². The van der Waals surface area contributed by atoms with Crippen molar-refractivity contribution in [3.05, 3.63) is 36.1 Å². The van der Waals surface area contributed by atoms with Crippen molar-refractivity contribution in [1.29, 1.82) is 0 Å². The van der Waals surface area contributed by atoms with Gasteiger partial charge in [0, 0.05) is 11.9 Å². The highest BCUT2D eigenvalue weighted by atomic mass is 16.3. The van der Waals surface area contributed by atoms with Gasteiger partial charge in [0.25, 0.3) is 0 Å². The molecule has 22 heavy (non-hydrogen) atoms. The molecule has 0 saturated carbocycles. The summed E-state index contributed by atoms with van der Waals surface area (Å²) in [7, 11) is 0. The van der Waals surface area contributed by atoms with Crippen LogP contribution in [0.5, 0.6) is 0 Å². The van der Waals surface area contributed by atoms with Crippen molar-refractivity contribution >= 4 is 11.0 Å². The van der Waals surface area contributed by atoms with Crippen molar-refractivity contribution in [3.8, 4) is 0 Å². The van der Waals surface area contributed by atoms with E-state index >= 15 is 0 Å². The van der Waals surface area contributed by atoms with E-state index in [2.05, 4.69) is 22.3 Å². The van der Waals surface area contributed by atoms with Gasteiger partial charge >= 0.3 is 0 Å². The molecule has 2 heterocycles. The van der Waals surface area contributed by atoms with Crippen molar-refractivity contribution in [2.75, 3.05) is 26.2 Å². The van der Waals surface area contributed by atoms with Crippen LogP contribution in [0.25, 0.3) is 11.0 Å². The molecule has 0 bridgehead atoms. The summed E-state index contributed by atoms with van der Waals surface area (Å²) in [6, 6.07) is 10.3. The molecule has 0 aliphatic carbocycles. The molecule has 3 rings (SSSR count). The van der Waals surface area contributed by atoms with Gasteiger partial charge in [-0.25, -0.2) is 0 Å². The number of likely N-dealkylation sites (tertiary alicyclic amines) is 1. The second kappa shape index (κ2) is 7.27. The van der Waals surface area contributed by atoms with Crippen LogP contribution < -0.4 is 5.32 Å². The number of aliphatic hydroxyl groups excluding tert-OH is 1. The number of nitrogens with zero attached hydrogens (tertiary/aromatic N) is 1. The van der Waals surface area contributed by atoms with Gasteiger partial charge in [0.15, 0.2) is 0 Å². The maximum atomic E-state index is 9.43. The van der Waals surface area contributed by atoms with Crippen molar-refractivity contribution < 1.29 is 9.52 Å². The van der Waals surface area contributed by atoms with E-state index in [1.54, 1.807) is 0 Å². The minimum Gasteiger partial charge on any atom is -0.460 e. The number of para-hydroxylation sites is 1. The Balaban J connectivity index is 1.40. The zero-order valence-corrected chi connectivity index (χ0v) is 13.3. The summed E-state index contributed by atoms with van der Waals surface area (Å²) in [6.07, 6.45) is 2.20. The molecule has 1 saturated heterocycles. The third kappa shape index (κ3) is 4.09. The van der Waals surface area contributed by atoms with Crippen LogP contribution in [0, 0.1) is 5.92 Å². The molecular weight excluding hydrogens is 276 g/mol. The second-order valence-corrected chi connectivity index (χ2v) is 6.47. The second-order valence-electron chi connectivity index (χ2n) is 6.47. The van der Waals surface area contributed by atoms with Crippen molar-refractivity contribution in [3.63, 3.8) is 0 Å². The molecule has 1 aliphatic heterocycles. The first-order valence-corrected chi connectivity index (χ1v) is 8.29. The maximum Gasteiger partial charge on any atom is 0.134 e. The van der Waals surface area contributed by atoms with Crippen molar-refractivity contribution in [1.82, 2.24) is 10.2 Å². The van der Waals surface area contributed by atoms with E-state index in [4.69, 9.17) is 4.42 Å². The Bertz CT molecular complexity index is 553. The van der Waals surface area contributed by atoms with Crippen molar-refractivity contribution in [2.45, 2.75) is 32.4 Å². The Kier molecular flexibility index (Phi) is 5.13. The van der Waals surface area contributed by atoms with Gasteiger partial charge in [0.05, 0.1) is 12.6 Å². The van der Waals surface area contributed by atoms with Crippen LogP contribution in [-0.4, -0.2) is 42.3 Å². The Labute approximate surface area is 132 Å². The van der Waals surface area contributed by atoms with Crippen molar-refractivity contribution in [2.24, 2.45) is 5.92 Å². The highest BCUT2D eigenvalue weighted by molar-refractivity contribution is 5.77. The lowest BCUT2D eigenvalue weighted by molar-refractivity contribution is 0.0997. The van der Waals surface area contributed by atoms with Crippen LogP contribution in [0.2, 0.25) is 0 Å². The summed E-state index contributed by atoms with van der Waals surface area (Å²) in [5.41, 5.74) is 0.964. The number of β-amino-alcohol motifs (C(OH)–C–C–N with tert-alkyl or cyclic N) is 1. The average Bonchev–Trinajstić information content (AvgIpc) is 2.91. The molecule has 1 atom stereocenters. The summed E-state index contributed by atoms with van der Waals surface area (Å²) in [5.74, 6) is 1.74. The van der Waals surface area contributed by atoms with Crippen LogP contribution in [0.4, 0.5) is 0 Å². The quantitative estimate of drug-likeness (QED) is 0.861. The number of furan rings is 1.